The molecule has 0 radical (unpaired) electrons. The number of hydrogen-bond acceptors (Lipinski definition) is 6. The van der Waals surface area contributed by atoms with Crippen LogP contribution in [-0.4, -0.2) is 28.2 Å². The van der Waals surface area contributed by atoms with Crippen LogP contribution in [0.2, 0.25) is 0 Å². The first kappa shape index (κ1) is 11.6. The third kappa shape index (κ3) is 4.55. The predicted molar refractivity (Wildman–Crippen MR) is 58.1 cm³/mol. The average molecular weight is 211 g/mol. The van der Waals surface area contributed by atoms with Crippen LogP contribution in [0.3, 0.4) is 0 Å². The van der Waals surface area contributed by atoms with Gasteiger partial charge in [0.1, 0.15) is 5.82 Å². The quantitative estimate of drug-likeness (QED) is 0.660. The fourth-order valence-corrected chi connectivity index (χ4v) is 1.08. The van der Waals surface area contributed by atoms with E-state index >= 15 is 0 Å². The van der Waals surface area contributed by atoms with Crippen molar-refractivity contribution in [1.82, 2.24) is 15.0 Å². The van der Waals surface area contributed by atoms with Crippen molar-refractivity contribution in [3.05, 3.63) is 5.82 Å². The summed E-state index contributed by atoms with van der Waals surface area (Å²) < 4.78 is 5.38. The molecule has 1 heterocycles. The molecule has 0 atom stereocenters. The van der Waals surface area contributed by atoms with Gasteiger partial charge in [-0.05, 0) is 6.42 Å². The number of nitrogen functional groups attached to an aromatic ring is 2. The zero-order chi connectivity index (χ0) is 11.1. The number of ether oxygens (including phenoxy) is 1. The van der Waals surface area contributed by atoms with Gasteiger partial charge in [0.25, 0.3) is 0 Å². The van der Waals surface area contributed by atoms with Crippen molar-refractivity contribution in [2.45, 2.75) is 26.2 Å². The van der Waals surface area contributed by atoms with E-state index in [4.69, 9.17) is 16.2 Å². The van der Waals surface area contributed by atoms with Gasteiger partial charge in [-0.3, -0.25) is 0 Å². The maximum absolute atomic E-state index is 5.43. The third-order valence-electron chi connectivity index (χ3n) is 1.83. The fourth-order valence-electron chi connectivity index (χ4n) is 1.08. The Kier molecular flexibility index (Phi) is 4.76. The molecular formula is C9H17N5O. The van der Waals surface area contributed by atoms with Crippen molar-refractivity contribution in [2.24, 2.45) is 0 Å². The Labute approximate surface area is 89.1 Å². The minimum atomic E-state index is 0.158. The first-order valence-electron chi connectivity index (χ1n) is 5.06. The molecule has 6 heteroatoms. The molecule has 1 rings (SSSR count). The van der Waals surface area contributed by atoms with E-state index in [0.29, 0.717) is 18.9 Å². The second-order valence-electron chi connectivity index (χ2n) is 3.18. The molecule has 4 N–H and O–H groups in total. The van der Waals surface area contributed by atoms with Crippen LogP contribution in [0, 0.1) is 0 Å². The molecule has 1 aromatic heterocycles. The van der Waals surface area contributed by atoms with E-state index in [1.807, 2.05) is 0 Å². The summed E-state index contributed by atoms with van der Waals surface area (Å²) in [5.41, 5.74) is 10.9. The van der Waals surface area contributed by atoms with E-state index < -0.39 is 0 Å². The van der Waals surface area contributed by atoms with Gasteiger partial charge in [-0.15, -0.1) is 0 Å². The normalized spacial score (nSPS) is 10.5. The van der Waals surface area contributed by atoms with Crippen molar-refractivity contribution in [3.8, 4) is 0 Å². The average Bonchev–Trinajstić information content (AvgIpc) is 2.16. The molecule has 0 spiro atoms. The number of nitrogens with zero attached hydrogens (tertiary/aromatic N) is 3. The van der Waals surface area contributed by atoms with Crippen molar-refractivity contribution >= 4 is 11.9 Å². The lowest BCUT2D eigenvalue weighted by Gasteiger charge is -2.03. The maximum atomic E-state index is 5.43. The van der Waals surface area contributed by atoms with Gasteiger partial charge in [-0.1, -0.05) is 13.3 Å². The smallest absolute Gasteiger partial charge is 0.225 e. The Morgan fingerprint density at radius 3 is 2.33 bits per heavy atom. The molecule has 15 heavy (non-hydrogen) atoms. The standard InChI is InChI=1S/C9H17N5O/c1-2-3-5-15-6-4-7-12-8(10)14-9(11)13-7/h2-6H2,1H3,(H4,10,11,12,13,14). The van der Waals surface area contributed by atoms with Gasteiger partial charge in [-0.25, -0.2) is 0 Å². The van der Waals surface area contributed by atoms with Crippen molar-refractivity contribution in [3.63, 3.8) is 0 Å². The van der Waals surface area contributed by atoms with E-state index in [9.17, 15) is 0 Å². The van der Waals surface area contributed by atoms with E-state index in [1.165, 1.54) is 0 Å². The Bertz CT molecular complexity index is 284. The highest BCUT2D eigenvalue weighted by Gasteiger charge is 2.01. The van der Waals surface area contributed by atoms with Crippen LogP contribution in [0.1, 0.15) is 25.6 Å². The summed E-state index contributed by atoms with van der Waals surface area (Å²) in [6, 6.07) is 0. The molecule has 0 aromatic carbocycles. The predicted octanol–water partition coefficient (Wildman–Crippen LogP) is 0.395. The zero-order valence-electron chi connectivity index (χ0n) is 8.94. The van der Waals surface area contributed by atoms with E-state index in [2.05, 4.69) is 21.9 Å². The van der Waals surface area contributed by atoms with E-state index in [0.717, 1.165) is 19.4 Å². The molecule has 1 aromatic rings. The Hall–Kier alpha value is -1.43. The molecule has 0 aliphatic carbocycles. The second-order valence-corrected chi connectivity index (χ2v) is 3.18. The molecule has 0 aliphatic rings. The first-order valence-corrected chi connectivity index (χ1v) is 5.06. The van der Waals surface area contributed by atoms with E-state index in [1.54, 1.807) is 0 Å². The minimum Gasteiger partial charge on any atom is -0.381 e. The van der Waals surface area contributed by atoms with Gasteiger partial charge >= 0.3 is 0 Å². The van der Waals surface area contributed by atoms with E-state index in [-0.39, 0.29) is 11.9 Å². The number of hydrogen-bond donors (Lipinski definition) is 2. The summed E-state index contributed by atoms with van der Waals surface area (Å²) >= 11 is 0. The second kappa shape index (κ2) is 6.13. The highest BCUT2D eigenvalue weighted by atomic mass is 16.5. The van der Waals surface area contributed by atoms with Gasteiger partial charge in [0, 0.05) is 13.0 Å². The number of nitrogens with two attached hydrogens (primary N) is 2. The lowest BCUT2D eigenvalue weighted by Crippen LogP contribution is -2.09. The largest absolute Gasteiger partial charge is 0.381 e. The summed E-state index contributed by atoms with van der Waals surface area (Å²) in [6.45, 7) is 3.48. The molecule has 0 aliphatic heterocycles. The lowest BCUT2D eigenvalue weighted by atomic mass is 10.3. The summed E-state index contributed by atoms with van der Waals surface area (Å²) in [5, 5.41) is 0. The van der Waals surface area contributed by atoms with Crippen LogP contribution in [0.25, 0.3) is 0 Å². The van der Waals surface area contributed by atoms with Gasteiger partial charge in [0.2, 0.25) is 11.9 Å². The maximum Gasteiger partial charge on any atom is 0.225 e. The number of anilines is 2. The highest BCUT2D eigenvalue weighted by molar-refractivity contribution is 5.25. The van der Waals surface area contributed by atoms with Crippen molar-refractivity contribution < 1.29 is 4.74 Å². The fraction of sp³-hybridized carbons (Fsp3) is 0.667. The lowest BCUT2D eigenvalue weighted by molar-refractivity contribution is 0.133. The molecule has 0 saturated carbocycles. The zero-order valence-corrected chi connectivity index (χ0v) is 8.94. The Morgan fingerprint density at radius 1 is 1.07 bits per heavy atom. The van der Waals surface area contributed by atoms with Crippen LogP contribution < -0.4 is 11.5 Å². The summed E-state index contributed by atoms with van der Waals surface area (Å²) in [4.78, 5) is 11.6. The molecule has 0 bridgehead atoms. The molecule has 84 valence electrons. The monoisotopic (exact) mass is 211 g/mol. The van der Waals surface area contributed by atoms with Crippen LogP contribution in [0.4, 0.5) is 11.9 Å². The van der Waals surface area contributed by atoms with Crippen LogP contribution in [-0.2, 0) is 11.2 Å². The summed E-state index contributed by atoms with van der Waals surface area (Å²) in [5.74, 6) is 0.897. The molecular weight excluding hydrogens is 194 g/mol. The molecule has 0 amide bonds. The molecule has 0 unspecified atom stereocenters. The summed E-state index contributed by atoms with van der Waals surface area (Å²) in [7, 11) is 0. The number of rotatable bonds is 6. The van der Waals surface area contributed by atoms with Gasteiger partial charge < -0.3 is 16.2 Å². The van der Waals surface area contributed by atoms with Crippen LogP contribution >= 0.6 is 0 Å². The Morgan fingerprint density at radius 2 is 1.73 bits per heavy atom. The highest BCUT2D eigenvalue weighted by Crippen LogP contribution is 1.99. The SMILES string of the molecule is CCCCOCCc1nc(N)nc(N)n1. The Balaban J connectivity index is 2.31. The minimum absolute atomic E-state index is 0.158. The molecule has 6 nitrogen and oxygen atoms in total. The van der Waals surface area contributed by atoms with Gasteiger partial charge in [0.15, 0.2) is 0 Å². The molecule has 0 saturated heterocycles. The summed E-state index contributed by atoms with van der Waals surface area (Å²) in [6.07, 6.45) is 2.81. The van der Waals surface area contributed by atoms with Crippen molar-refractivity contribution in [1.29, 1.82) is 0 Å². The van der Waals surface area contributed by atoms with Gasteiger partial charge in [0.05, 0.1) is 6.61 Å². The van der Waals surface area contributed by atoms with Gasteiger partial charge in [-0.2, -0.15) is 15.0 Å². The van der Waals surface area contributed by atoms with Crippen LogP contribution in [0.5, 0.6) is 0 Å². The van der Waals surface area contributed by atoms with Crippen molar-refractivity contribution in [2.75, 3.05) is 24.7 Å². The topological polar surface area (TPSA) is 99.9 Å². The third-order valence-corrected chi connectivity index (χ3v) is 1.83. The number of unbranched alkanes of at least 4 members (excludes halogenated alkanes) is 1. The first-order chi connectivity index (χ1) is 7.22. The molecule has 0 fully saturated rings. The van der Waals surface area contributed by atoms with Crippen LogP contribution in [0.15, 0.2) is 0 Å². The number of aromatic nitrogens is 3.